The summed E-state index contributed by atoms with van der Waals surface area (Å²) in [5.74, 6) is 0.940. The minimum Gasteiger partial charge on any atom is -0.350 e. The molecule has 130 valence electrons. The van der Waals surface area contributed by atoms with Crippen LogP contribution in [0.2, 0.25) is 0 Å². The van der Waals surface area contributed by atoms with E-state index in [2.05, 4.69) is 14.5 Å². The van der Waals surface area contributed by atoms with E-state index in [1.54, 1.807) is 12.1 Å². The van der Waals surface area contributed by atoms with E-state index in [0.29, 0.717) is 17.8 Å². The van der Waals surface area contributed by atoms with Crippen LogP contribution in [0.5, 0.6) is 0 Å². The molecule has 1 aliphatic heterocycles. The number of imidazole rings is 1. The Kier molecular flexibility index (Phi) is 3.82. The number of benzene rings is 1. The van der Waals surface area contributed by atoms with Crippen LogP contribution in [0.25, 0.3) is 10.9 Å². The lowest BCUT2D eigenvalue weighted by Crippen LogP contribution is -2.39. The molecule has 1 aromatic carbocycles. The number of piperidine rings is 1. The van der Waals surface area contributed by atoms with Crippen LogP contribution in [0.3, 0.4) is 0 Å². The van der Waals surface area contributed by atoms with E-state index in [-0.39, 0.29) is 17.6 Å². The first-order chi connectivity index (χ1) is 12.0. The smallest absolute Gasteiger partial charge is 0.270 e. The number of H-pyrrole nitrogens is 1. The van der Waals surface area contributed by atoms with Crippen molar-refractivity contribution in [2.45, 2.75) is 25.7 Å². The lowest BCUT2D eigenvalue weighted by Gasteiger charge is -2.32. The monoisotopic (exact) mass is 340 g/mol. The van der Waals surface area contributed by atoms with Crippen molar-refractivity contribution in [3.8, 4) is 0 Å². The Morgan fingerprint density at radius 1 is 1.36 bits per heavy atom. The summed E-state index contributed by atoms with van der Waals surface area (Å²) in [6, 6.07) is 6.31. The van der Waals surface area contributed by atoms with Gasteiger partial charge in [-0.05, 0) is 44.0 Å². The summed E-state index contributed by atoms with van der Waals surface area (Å²) >= 11 is 0. The number of likely N-dealkylation sites (tertiary alicyclic amines) is 1. The molecule has 1 N–H and O–H groups in total. The first-order valence-electron chi connectivity index (χ1n) is 8.58. The van der Waals surface area contributed by atoms with E-state index >= 15 is 0 Å². The van der Waals surface area contributed by atoms with Crippen LogP contribution in [0.15, 0.2) is 30.5 Å². The van der Waals surface area contributed by atoms with Crippen LogP contribution in [-0.4, -0.2) is 38.4 Å². The fraction of sp³-hybridized carbons (Fsp3) is 0.368. The SMILES string of the molecule is Cc1cn(C)c([C@H]2CCCN(C(=O)c3cc4ccc(F)cc4[nH]3)C2)n1. The van der Waals surface area contributed by atoms with Gasteiger partial charge in [0.05, 0.1) is 5.69 Å². The number of rotatable bonds is 2. The molecule has 1 atom stereocenters. The molecule has 3 aromatic rings. The third-order valence-corrected chi connectivity index (χ3v) is 4.92. The van der Waals surface area contributed by atoms with Crippen molar-refractivity contribution in [2.75, 3.05) is 13.1 Å². The minimum absolute atomic E-state index is 0.0350. The molecule has 0 radical (unpaired) electrons. The summed E-state index contributed by atoms with van der Waals surface area (Å²) < 4.78 is 15.4. The number of aromatic amines is 1. The van der Waals surface area contributed by atoms with Gasteiger partial charge in [0.2, 0.25) is 0 Å². The molecule has 5 nitrogen and oxygen atoms in total. The quantitative estimate of drug-likeness (QED) is 0.778. The van der Waals surface area contributed by atoms with Gasteiger partial charge in [-0.15, -0.1) is 0 Å². The van der Waals surface area contributed by atoms with Crippen molar-refractivity contribution in [1.82, 2.24) is 19.4 Å². The summed E-state index contributed by atoms with van der Waals surface area (Å²) in [6.45, 7) is 3.38. The second-order valence-electron chi connectivity index (χ2n) is 6.86. The number of amides is 1. The predicted octanol–water partition coefficient (Wildman–Crippen LogP) is 3.37. The summed E-state index contributed by atoms with van der Waals surface area (Å²) in [6.07, 6.45) is 4.01. The average Bonchev–Trinajstić information content (AvgIpc) is 3.16. The standard InChI is InChI=1S/C19H21FN4O/c1-12-10-23(2)18(21-12)14-4-3-7-24(11-14)19(25)17-8-13-5-6-15(20)9-16(13)22-17/h5-6,8-10,14,22H,3-4,7,11H2,1-2H3/t14-/m0/s1. The van der Waals surface area contributed by atoms with Gasteiger partial charge in [0, 0.05) is 43.2 Å². The molecule has 1 saturated heterocycles. The van der Waals surface area contributed by atoms with Gasteiger partial charge >= 0.3 is 0 Å². The maximum atomic E-state index is 13.4. The van der Waals surface area contributed by atoms with Crippen molar-refractivity contribution in [3.05, 3.63) is 53.5 Å². The first kappa shape index (κ1) is 15.9. The maximum Gasteiger partial charge on any atom is 0.270 e. The fourth-order valence-electron chi connectivity index (χ4n) is 3.77. The normalized spacial score (nSPS) is 18.0. The molecule has 0 bridgehead atoms. The second-order valence-corrected chi connectivity index (χ2v) is 6.86. The molecular weight excluding hydrogens is 319 g/mol. The zero-order valence-electron chi connectivity index (χ0n) is 14.4. The molecular formula is C19H21FN4O. The minimum atomic E-state index is -0.309. The summed E-state index contributed by atoms with van der Waals surface area (Å²) in [5.41, 5.74) is 2.16. The highest BCUT2D eigenvalue weighted by molar-refractivity contribution is 5.98. The molecule has 0 saturated carbocycles. The van der Waals surface area contributed by atoms with Crippen LogP contribution in [0.1, 0.15) is 40.8 Å². The number of carbonyl (C=O) groups is 1. The van der Waals surface area contributed by atoms with E-state index in [1.807, 2.05) is 25.1 Å². The van der Waals surface area contributed by atoms with Gasteiger partial charge in [0.1, 0.15) is 17.3 Å². The Hall–Kier alpha value is -2.63. The molecule has 0 spiro atoms. The molecule has 1 aliphatic rings. The lowest BCUT2D eigenvalue weighted by atomic mass is 9.97. The molecule has 1 amide bonds. The van der Waals surface area contributed by atoms with E-state index < -0.39 is 0 Å². The molecule has 0 aliphatic carbocycles. The van der Waals surface area contributed by atoms with Crippen LogP contribution >= 0.6 is 0 Å². The van der Waals surface area contributed by atoms with E-state index in [4.69, 9.17) is 0 Å². The van der Waals surface area contributed by atoms with Crippen molar-refractivity contribution >= 4 is 16.8 Å². The molecule has 4 rings (SSSR count). The number of nitrogens with zero attached hydrogens (tertiary/aromatic N) is 3. The lowest BCUT2D eigenvalue weighted by molar-refractivity contribution is 0.0698. The third kappa shape index (κ3) is 2.92. The summed E-state index contributed by atoms with van der Waals surface area (Å²) in [7, 11) is 2.00. The maximum absolute atomic E-state index is 13.4. The molecule has 6 heteroatoms. The van der Waals surface area contributed by atoms with Crippen LogP contribution in [0.4, 0.5) is 4.39 Å². The number of aromatic nitrogens is 3. The number of carbonyl (C=O) groups excluding carboxylic acids is 1. The van der Waals surface area contributed by atoms with Gasteiger partial charge in [0.15, 0.2) is 0 Å². The van der Waals surface area contributed by atoms with Gasteiger partial charge in [-0.3, -0.25) is 4.79 Å². The average molecular weight is 340 g/mol. The Morgan fingerprint density at radius 3 is 2.96 bits per heavy atom. The van der Waals surface area contributed by atoms with E-state index in [1.165, 1.54) is 12.1 Å². The zero-order chi connectivity index (χ0) is 17.6. The molecule has 0 unspecified atom stereocenters. The predicted molar refractivity (Wildman–Crippen MR) is 94.1 cm³/mol. The number of hydrogen-bond acceptors (Lipinski definition) is 2. The topological polar surface area (TPSA) is 53.9 Å². The van der Waals surface area contributed by atoms with Crippen LogP contribution < -0.4 is 0 Å². The molecule has 25 heavy (non-hydrogen) atoms. The van der Waals surface area contributed by atoms with Gasteiger partial charge in [-0.1, -0.05) is 0 Å². The Bertz CT molecular complexity index is 942. The second kappa shape index (κ2) is 6.02. The largest absolute Gasteiger partial charge is 0.350 e. The summed E-state index contributed by atoms with van der Waals surface area (Å²) in [5, 5.41) is 0.845. The zero-order valence-corrected chi connectivity index (χ0v) is 14.4. The van der Waals surface area contributed by atoms with E-state index in [0.717, 1.165) is 36.3 Å². The highest BCUT2D eigenvalue weighted by Gasteiger charge is 2.28. The number of hydrogen-bond donors (Lipinski definition) is 1. The fourth-order valence-corrected chi connectivity index (χ4v) is 3.77. The number of nitrogens with one attached hydrogen (secondary N) is 1. The highest BCUT2D eigenvalue weighted by Crippen LogP contribution is 2.27. The Balaban J connectivity index is 1.57. The number of aryl methyl sites for hydroxylation is 2. The van der Waals surface area contributed by atoms with Crippen molar-refractivity contribution in [2.24, 2.45) is 7.05 Å². The van der Waals surface area contributed by atoms with E-state index in [9.17, 15) is 9.18 Å². The van der Waals surface area contributed by atoms with Crippen molar-refractivity contribution < 1.29 is 9.18 Å². The third-order valence-electron chi connectivity index (χ3n) is 4.92. The summed E-state index contributed by atoms with van der Waals surface area (Å²) in [4.78, 5) is 22.4. The number of fused-ring (bicyclic) bond motifs is 1. The van der Waals surface area contributed by atoms with Crippen LogP contribution in [0, 0.1) is 12.7 Å². The molecule has 2 aromatic heterocycles. The van der Waals surface area contributed by atoms with Gasteiger partial charge in [-0.2, -0.15) is 0 Å². The van der Waals surface area contributed by atoms with Gasteiger partial charge in [-0.25, -0.2) is 9.37 Å². The van der Waals surface area contributed by atoms with Gasteiger partial charge in [0.25, 0.3) is 5.91 Å². The number of halogens is 1. The Morgan fingerprint density at radius 2 is 2.20 bits per heavy atom. The van der Waals surface area contributed by atoms with Crippen molar-refractivity contribution in [1.29, 1.82) is 0 Å². The Labute approximate surface area is 145 Å². The highest BCUT2D eigenvalue weighted by atomic mass is 19.1. The van der Waals surface area contributed by atoms with Gasteiger partial charge < -0.3 is 14.5 Å². The van der Waals surface area contributed by atoms with Crippen molar-refractivity contribution in [3.63, 3.8) is 0 Å². The first-order valence-corrected chi connectivity index (χ1v) is 8.58. The molecule has 1 fully saturated rings. The molecule has 3 heterocycles. The van der Waals surface area contributed by atoms with Crippen LogP contribution in [-0.2, 0) is 7.05 Å².